The predicted molar refractivity (Wildman–Crippen MR) is 169 cm³/mol. The van der Waals surface area contributed by atoms with E-state index in [0.29, 0.717) is 23.7 Å². The Labute approximate surface area is 247 Å². The van der Waals surface area contributed by atoms with Crippen LogP contribution in [0, 0.1) is 46.3 Å². The summed E-state index contributed by atoms with van der Waals surface area (Å²) in [6.45, 7) is 12.6. The van der Waals surface area contributed by atoms with E-state index in [9.17, 15) is 4.79 Å². The van der Waals surface area contributed by atoms with E-state index in [-0.39, 0.29) is 13.5 Å². The number of nitrogens with zero attached hydrogens (tertiary/aromatic N) is 1. The molecule has 226 valence electrons. The van der Waals surface area contributed by atoms with Gasteiger partial charge in [0.25, 0.3) is 0 Å². The Morgan fingerprint density at radius 2 is 1.85 bits per heavy atom. The number of aliphatic imine (C=N–C) groups is 1. The van der Waals surface area contributed by atoms with E-state index in [2.05, 4.69) is 51.8 Å². The van der Waals surface area contributed by atoms with Crippen LogP contribution in [0.1, 0.15) is 145 Å². The van der Waals surface area contributed by atoms with Crippen molar-refractivity contribution in [1.29, 1.82) is 0 Å². The fraction of sp³-hybridized carbons (Fsp3) is 0.838. The molecular formula is C37H61NO2. The Kier molecular flexibility index (Phi) is 9.68. The highest BCUT2D eigenvalue weighted by Gasteiger charge is 2.59. The first-order chi connectivity index (χ1) is 19.2. The summed E-state index contributed by atoms with van der Waals surface area (Å²) in [7, 11) is 0. The number of esters is 1. The highest BCUT2D eigenvalue weighted by molar-refractivity contribution is 5.70. The number of rotatable bonds is 9. The van der Waals surface area contributed by atoms with Crippen LogP contribution in [0.3, 0.4) is 0 Å². The third-order valence-corrected chi connectivity index (χ3v) is 12.6. The van der Waals surface area contributed by atoms with Crippen molar-refractivity contribution in [1.82, 2.24) is 0 Å². The standard InChI is InChI=1S/C37H59NO2.H2/c1-26(2)11-10-12-27(3)32-17-18-33-31-16-14-28-25-30(20-22-36(28,4)34(31)21-23-37(32,33)5)40-35(39)19-15-29-13-8-6-7-9-24-38-29;/h13-14,24,26-27,30-34H,6-12,15-23,25H2,1-5H3;1H/b29-13-,38-24?;/t27?,30-,31?,32+,33?,34?,36-,37+;/m0./s1. The van der Waals surface area contributed by atoms with Gasteiger partial charge in [-0.25, -0.2) is 0 Å². The molecule has 0 aromatic carbocycles. The van der Waals surface area contributed by atoms with Crippen LogP contribution in [0.15, 0.2) is 28.4 Å². The van der Waals surface area contributed by atoms with Crippen molar-refractivity contribution in [3.05, 3.63) is 23.4 Å². The number of allylic oxidation sites excluding steroid dienone is 3. The molecule has 40 heavy (non-hydrogen) atoms. The minimum atomic E-state index is -0.0333. The highest BCUT2D eigenvalue weighted by Crippen LogP contribution is 2.67. The first kappa shape index (κ1) is 30.1. The van der Waals surface area contributed by atoms with Gasteiger partial charge in [-0.1, -0.05) is 71.6 Å². The van der Waals surface area contributed by atoms with Crippen LogP contribution >= 0.6 is 0 Å². The third kappa shape index (κ3) is 6.34. The van der Waals surface area contributed by atoms with Crippen LogP contribution in [0.2, 0.25) is 0 Å². The topological polar surface area (TPSA) is 38.7 Å². The normalized spacial score (nSPS) is 39.6. The number of hydrogen-bond acceptors (Lipinski definition) is 3. The molecule has 1 aliphatic heterocycles. The minimum absolute atomic E-state index is 0. The molecular weight excluding hydrogens is 490 g/mol. The van der Waals surface area contributed by atoms with Gasteiger partial charge in [-0.05, 0) is 123 Å². The second-order valence-corrected chi connectivity index (χ2v) is 15.4. The lowest BCUT2D eigenvalue weighted by molar-refractivity contribution is -0.151. The summed E-state index contributed by atoms with van der Waals surface area (Å²) in [6.07, 6.45) is 27.1. The Morgan fingerprint density at radius 1 is 1.02 bits per heavy atom. The molecule has 3 fully saturated rings. The average Bonchev–Trinajstić information content (AvgIpc) is 3.25. The molecule has 5 aliphatic rings. The summed E-state index contributed by atoms with van der Waals surface area (Å²) in [4.78, 5) is 17.4. The summed E-state index contributed by atoms with van der Waals surface area (Å²) >= 11 is 0. The molecule has 3 nitrogen and oxygen atoms in total. The molecule has 5 rings (SSSR count). The van der Waals surface area contributed by atoms with E-state index in [1.165, 1.54) is 70.6 Å². The van der Waals surface area contributed by atoms with Crippen LogP contribution in [-0.4, -0.2) is 18.3 Å². The number of ether oxygens (including phenoxy) is 1. The van der Waals surface area contributed by atoms with Gasteiger partial charge in [-0.3, -0.25) is 9.79 Å². The lowest BCUT2D eigenvalue weighted by Crippen LogP contribution is -2.51. The molecule has 1 heterocycles. The molecule has 0 aromatic heterocycles. The first-order valence-corrected chi connectivity index (χ1v) is 17.3. The fourth-order valence-electron chi connectivity index (χ4n) is 10.3. The van der Waals surface area contributed by atoms with Crippen LogP contribution in [-0.2, 0) is 9.53 Å². The van der Waals surface area contributed by atoms with Gasteiger partial charge in [0.05, 0.1) is 6.42 Å². The summed E-state index contributed by atoms with van der Waals surface area (Å²) in [6, 6.07) is 0. The van der Waals surface area contributed by atoms with Gasteiger partial charge in [0, 0.05) is 19.8 Å². The fourth-order valence-corrected chi connectivity index (χ4v) is 10.3. The molecule has 4 unspecified atom stereocenters. The Balaban J connectivity index is 0.00000387. The maximum Gasteiger partial charge on any atom is 0.306 e. The maximum absolute atomic E-state index is 12.8. The summed E-state index contributed by atoms with van der Waals surface area (Å²) < 4.78 is 6.08. The average molecular weight is 552 g/mol. The number of carbonyl (C=O) groups is 1. The second-order valence-electron chi connectivity index (χ2n) is 15.4. The van der Waals surface area contributed by atoms with Crippen molar-refractivity contribution in [2.75, 3.05) is 0 Å². The number of carbonyl (C=O) groups excluding carboxylic acids is 1. The summed E-state index contributed by atoms with van der Waals surface area (Å²) in [5.41, 5.74) is 3.54. The van der Waals surface area contributed by atoms with Crippen LogP contribution in [0.4, 0.5) is 0 Å². The van der Waals surface area contributed by atoms with Gasteiger partial charge < -0.3 is 4.74 Å². The zero-order valence-electron chi connectivity index (χ0n) is 26.6. The molecule has 0 N–H and O–H groups in total. The van der Waals surface area contributed by atoms with E-state index < -0.39 is 0 Å². The highest BCUT2D eigenvalue weighted by atomic mass is 16.5. The Bertz CT molecular complexity index is 983. The van der Waals surface area contributed by atoms with Gasteiger partial charge in [-0.2, -0.15) is 0 Å². The minimum Gasteiger partial charge on any atom is -0.462 e. The van der Waals surface area contributed by atoms with E-state index >= 15 is 0 Å². The Hall–Kier alpha value is -1.38. The van der Waals surface area contributed by atoms with E-state index in [4.69, 9.17) is 4.74 Å². The van der Waals surface area contributed by atoms with Crippen molar-refractivity contribution in [2.24, 2.45) is 51.3 Å². The van der Waals surface area contributed by atoms with E-state index in [1.54, 1.807) is 5.57 Å². The molecule has 0 saturated heterocycles. The van der Waals surface area contributed by atoms with Gasteiger partial charge in [-0.15, -0.1) is 0 Å². The van der Waals surface area contributed by atoms with Gasteiger partial charge in [0.2, 0.25) is 0 Å². The van der Waals surface area contributed by atoms with Crippen LogP contribution < -0.4 is 0 Å². The second kappa shape index (κ2) is 12.9. The molecule has 3 heteroatoms. The zero-order valence-corrected chi connectivity index (χ0v) is 26.6. The lowest BCUT2D eigenvalue weighted by Gasteiger charge is -2.58. The van der Waals surface area contributed by atoms with Crippen molar-refractivity contribution < 1.29 is 11.0 Å². The summed E-state index contributed by atoms with van der Waals surface area (Å²) in [5, 5.41) is 0. The SMILES string of the molecule is CC(C)CCCC(C)[C@H]1CCC2C3CC=C4C[C@@H](OC(=O)CC/C5=C/CCCCC=N5)CC[C@]4(C)C3CC[C@@]21C.[HH]. The van der Waals surface area contributed by atoms with Gasteiger partial charge >= 0.3 is 5.97 Å². The molecule has 3 saturated carbocycles. The van der Waals surface area contributed by atoms with Crippen LogP contribution in [0.25, 0.3) is 0 Å². The largest absolute Gasteiger partial charge is 0.462 e. The van der Waals surface area contributed by atoms with E-state index in [0.717, 1.165) is 66.9 Å². The number of fused-ring (bicyclic) bond motifs is 5. The molecule has 0 aromatic rings. The smallest absolute Gasteiger partial charge is 0.306 e. The molecule has 0 amide bonds. The van der Waals surface area contributed by atoms with Crippen LogP contribution in [0.5, 0.6) is 0 Å². The van der Waals surface area contributed by atoms with Crippen molar-refractivity contribution >= 4 is 12.2 Å². The predicted octanol–water partition coefficient (Wildman–Crippen LogP) is 10.5. The van der Waals surface area contributed by atoms with Gasteiger partial charge in [0.1, 0.15) is 6.10 Å². The molecule has 4 aliphatic carbocycles. The molecule has 8 atom stereocenters. The van der Waals surface area contributed by atoms with Gasteiger partial charge in [0.15, 0.2) is 0 Å². The van der Waals surface area contributed by atoms with Crippen molar-refractivity contribution in [3.8, 4) is 0 Å². The molecule has 0 bridgehead atoms. The number of hydrogen-bond donors (Lipinski definition) is 0. The van der Waals surface area contributed by atoms with Crippen molar-refractivity contribution in [2.45, 2.75) is 150 Å². The van der Waals surface area contributed by atoms with Crippen molar-refractivity contribution in [3.63, 3.8) is 0 Å². The maximum atomic E-state index is 12.8. The summed E-state index contributed by atoms with van der Waals surface area (Å²) in [5.74, 6) is 5.17. The Morgan fingerprint density at radius 3 is 2.67 bits per heavy atom. The molecule has 0 radical (unpaired) electrons. The quantitative estimate of drug-likeness (QED) is 0.211. The monoisotopic (exact) mass is 551 g/mol. The van der Waals surface area contributed by atoms with E-state index in [1.807, 2.05) is 6.21 Å². The molecule has 0 spiro atoms. The first-order valence-electron chi connectivity index (χ1n) is 17.3. The lowest BCUT2D eigenvalue weighted by atomic mass is 9.47. The third-order valence-electron chi connectivity index (χ3n) is 12.6. The zero-order chi connectivity index (χ0) is 28.3.